The number of benzene rings is 1. The zero-order valence-corrected chi connectivity index (χ0v) is 10.4. The number of nitrogens with zero attached hydrogens (tertiary/aromatic N) is 1. The number of methoxy groups -OCH3 is 1. The van der Waals surface area contributed by atoms with Gasteiger partial charge in [0.05, 0.1) is 13.2 Å². The highest BCUT2D eigenvalue weighted by Gasteiger charge is 2.07. The highest BCUT2D eigenvalue weighted by molar-refractivity contribution is 5.54. The van der Waals surface area contributed by atoms with Crippen molar-refractivity contribution in [2.24, 2.45) is 0 Å². The van der Waals surface area contributed by atoms with Gasteiger partial charge in [0, 0.05) is 24.1 Å². The number of hydrogen-bond donors (Lipinski definition) is 2. The fourth-order valence-corrected chi connectivity index (χ4v) is 1.75. The molecule has 1 aromatic heterocycles. The third-order valence-electron chi connectivity index (χ3n) is 2.75. The third kappa shape index (κ3) is 2.71. The van der Waals surface area contributed by atoms with E-state index >= 15 is 0 Å². The lowest BCUT2D eigenvalue weighted by molar-refractivity contribution is 0.373. The third-order valence-corrected chi connectivity index (χ3v) is 2.75. The summed E-state index contributed by atoms with van der Waals surface area (Å²) in [5.41, 5.74) is 1.93. The molecule has 0 radical (unpaired) electrons. The molecule has 0 aliphatic heterocycles. The second-order valence-corrected chi connectivity index (χ2v) is 4.04. The SMILES string of the molecule is COc1ccc(NC(C)c2cccnc2)cc1O. The fraction of sp³-hybridized carbons (Fsp3) is 0.214. The molecule has 18 heavy (non-hydrogen) atoms. The van der Waals surface area contributed by atoms with Crippen LogP contribution in [-0.2, 0) is 0 Å². The molecule has 0 saturated carbocycles. The molecule has 0 saturated heterocycles. The summed E-state index contributed by atoms with van der Waals surface area (Å²) in [5, 5.41) is 13.0. The lowest BCUT2D eigenvalue weighted by atomic mass is 10.1. The van der Waals surface area contributed by atoms with Gasteiger partial charge in [-0.3, -0.25) is 4.98 Å². The normalized spacial score (nSPS) is 11.9. The molecule has 0 bridgehead atoms. The second kappa shape index (κ2) is 5.40. The van der Waals surface area contributed by atoms with E-state index in [1.54, 1.807) is 18.3 Å². The summed E-state index contributed by atoms with van der Waals surface area (Å²) in [6, 6.07) is 9.27. The Morgan fingerprint density at radius 3 is 2.78 bits per heavy atom. The van der Waals surface area contributed by atoms with Crippen LogP contribution in [-0.4, -0.2) is 17.2 Å². The number of aromatic hydroxyl groups is 1. The summed E-state index contributed by atoms with van der Waals surface area (Å²) >= 11 is 0. The molecule has 0 amide bonds. The topological polar surface area (TPSA) is 54.4 Å². The monoisotopic (exact) mass is 244 g/mol. The van der Waals surface area contributed by atoms with Crippen molar-refractivity contribution in [2.45, 2.75) is 13.0 Å². The van der Waals surface area contributed by atoms with Crippen LogP contribution in [0, 0.1) is 0 Å². The van der Waals surface area contributed by atoms with Gasteiger partial charge in [-0.1, -0.05) is 6.07 Å². The summed E-state index contributed by atoms with van der Waals surface area (Å²) in [7, 11) is 1.53. The van der Waals surface area contributed by atoms with E-state index in [0.717, 1.165) is 11.3 Å². The second-order valence-electron chi connectivity index (χ2n) is 4.04. The van der Waals surface area contributed by atoms with E-state index in [2.05, 4.69) is 10.3 Å². The number of ether oxygens (including phenoxy) is 1. The Hall–Kier alpha value is -2.23. The smallest absolute Gasteiger partial charge is 0.160 e. The molecule has 0 spiro atoms. The van der Waals surface area contributed by atoms with Crippen molar-refractivity contribution in [3.05, 3.63) is 48.3 Å². The zero-order chi connectivity index (χ0) is 13.0. The zero-order valence-electron chi connectivity index (χ0n) is 10.4. The number of rotatable bonds is 4. The van der Waals surface area contributed by atoms with Crippen molar-refractivity contribution < 1.29 is 9.84 Å². The van der Waals surface area contributed by atoms with Crippen molar-refractivity contribution in [2.75, 3.05) is 12.4 Å². The molecule has 1 aromatic carbocycles. The van der Waals surface area contributed by atoms with Crippen molar-refractivity contribution in [3.63, 3.8) is 0 Å². The summed E-state index contributed by atoms with van der Waals surface area (Å²) < 4.78 is 5.00. The van der Waals surface area contributed by atoms with Crippen LogP contribution in [0.2, 0.25) is 0 Å². The van der Waals surface area contributed by atoms with E-state index in [0.29, 0.717) is 5.75 Å². The summed E-state index contributed by atoms with van der Waals surface area (Å²) in [5.74, 6) is 0.593. The number of phenolic OH excluding ortho intramolecular Hbond substituents is 1. The maximum atomic E-state index is 9.70. The Bertz CT molecular complexity index is 514. The molecule has 0 aliphatic rings. The molecule has 0 aliphatic carbocycles. The number of phenols is 1. The molecule has 2 N–H and O–H groups in total. The van der Waals surface area contributed by atoms with Crippen LogP contribution in [0.5, 0.6) is 11.5 Å². The lowest BCUT2D eigenvalue weighted by Crippen LogP contribution is -2.06. The Kier molecular flexibility index (Phi) is 3.67. The molecule has 1 unspecified atom stereocenters. The lowest BCUT2D eigenvalue weighted by Gasteiger charge is -2.16. The Labute approximate surface area is 106 Å². The van der Waals surface area contributed by atoms with Crippen molar-refractivity contribution >= 4 is 5.69 Å². The summed E-state index contributed by atoms with van der Waals surface area (Å²) in [6.07, 6.45) is 3.57. The van der Waals surface area contributed by atoms with Gasteiger partial charge in [0.15, 0.2) is 11.5 Å². The highest BCUT2D eigenvalue weighted by Crippen LogP contribution is 2.30. The maximum absolute atomic E-state index is 9.70. The quantitative estimate of drug-likeness (QED) is 0.868. The van der Waals surface area contributed by atoms with E-state index in [9.17, 15) is 5.11 Å². The first-order chi connectivity index (χ1) is 8.70. The molecule has 4 heteroatoms. The summed E-state index contributed by atoms with van der Waals surface area (Å²) in [4.78, 5) is 4.08. The van der Waals surface area contributed by atoms with E-state index in [-0.39, 0.29) is 11.8 Å². The minimum atomic E-state index is 0.117. The molecule has 94 valence electrons. The van der Waals surface area contributed by atoms with Crippen LogP contribution in [0.1, 0.15) is 18.5 Å². The van der Waals surface area contributed by atoms with Gasteiger partial charge in [0.25, 0.3) is 0 Å². The van der Waals surface area contributed by atoms with Gasteiger partial charge in [0.2, 0.25) is 0 Å². The van der Waals surface area contributed by atoms with Crippen LogP contribution in [0.25, 0.3) is 0 Å². The van der Waals surface area contributed by atoms with Crippen molar-refractivity contribution in [1.29, 1.82) is 0 Å². The predicted molar refractivity (Wildman–Crippen MR) is 70.9 cm³/mol. The molecular formula is C14H16N2O2. The average Bonchev–Trinajstić information content (AvgIpc) is 2.40. The first kappa shape index (κ1) is 12.2. The maximum Gasteiger partial charge on any atom is 0.160 e. The summed E-state index contributed by atoms with van der Waals surface area (Å²) in [6.45, 7) is 2.04. The highest BCUT2D eigenvalue weighted by atomic mass is 16.5. The standard InChI is InChI=1S/C14H16N2O2/c1-10(11-4-3-7-15-9-11)16-12-5-6-14(18-2)13(17)8-12/h3-10,16-17H,1-2H3. The molecule has 2 rings (SSSR count). The molecular weight excluding hydrogens is 228 g/mol. The predicted octanol–water partition coefficient (Wildman–Crippen LogP) is 2.97. The number of anilines is 1. The van der Waals surface area contributed by atoms with Crippen LogP contribution in [0.4, 0.5) is 5.69 Å². The van der Waals surface area contributed by atoms with Crippen molar-refractivity contribution in [1.82, 2.24) is 4.98 Å². The van der Waals surface area contributed by atoms with E-state index < -0.39 is 0 Å². The van der Waals surface area contributed by atoms with Crippen LogP contribution < -0.4 is 10.1 Å². The van der Waals surface area contributed by atoms with Gasteiger partial charge in [-0.15, -0.1) is 0 Å². The van der Waals surface area contributed by atoms with Crippen LogP contribution in [0.3, 0.4) is 0 Å². The van der Waals surface area contributed by atoms with Gasteiger partial charge < -0.3 is 15.2 Å². The Morgan fingerprint density at radius 1 is 1.33 bits per heavy atom. The number of pyridine rings is 1. The molecule has 2 aromatic rings. The molecule has 1 heterocycles. The first-order valence-corrected chi connectivity index (χ1v) is 5.74. The van der Waals surface area contributed by atoms with Crippen LogP contribution in [0.15, 0.2) is 42.7 Å². The average molecular weight is 244 g/mol. The van der Waals surface area contributed by atoms with E-state index in [4.69, 9.17) is 4.74 Å². The van der Waals surface area contributed by atoms with Gasteiger partial charge in [-0.25, -0.2) is 0 Å². The first-order valence-electron chi connectivity index (χ1n) is 5.74. The Balaban J connectivity index is 2.12. The molecule has 4 nitrogen and oxygen atoms in total. The minimum absolute atomic E-state index is 0.117. The van der Waals surface area contributed by atoms with Crippen molar-refractivity contribution in [3.8, 4) is 11.5 Å². The number of hydrogen-bond acceptors (Lipinski definition) is 4. The van der Waals surface area contributed by atoms with Gasteiger partial charge in [0.1, 0.15) is 0 Å². The van der Waals surface area contributed by atoms with E-state index in [1.165, 1.54) is 7.11 Å². The number of aromatic nitrogens is 1. The fourth-order valence-electron chi connectivity index (χ4n) is 1.75. The molecule has 0 fully saturated rings. The van der Waals surface area contributed by atoms with Gasteiger partial charge in [-0.2, -0.15) is 0 Å². The van der Waals surface area contributed by atoms with Gasteiger partial charge >= 0.3 is 0 Å². The van der Waals surface area contributed by atoms with E-state index in [1.807, 2.05) is 31.3 Å². The number of nitrogens with one attached hydrogen (secondary N) is 1. The minimum Gasteiger partial charge on any atom is -0.504 e. The largest absolute Gasteiger partial charge is 0.504 e. The molecule has 1 atom stereocenters. The van der Waals surface area contributed by atoms with Crippen LogP contribution >= 0.6 is 0 Å². The Morgan fingerprint density at radius 2 is 2.17 bits per heavy atom. The van der Waals surface area contributed by atoms with Gasteiger partial charge in [-0.05, 0) is 30.7 Å².